The van der Waals surface area contributed by atoms with Gasteiger partial charge in [0.05, 0.1) is 11.2 Å². The summed E-state index contributed by atoms with van der Waals surface area (Å²) >= 11 is 7.83. The van der Waals surface area contributed by atoms with E-state index in [1.165, 1.54) is 17.5 Å². The summed E-state index contributed by atoms with van der Waals surface area (Å²) in [6, 6.07) is 0. The van der Waals surface area contributed by atoms with Gasteiger partial charge in [-0.2, -0.15) is 16.9 Å². The number of nitrogens with one attached hydrogen (secondary N) is 1. The molecule has 1 aromatic heterocycles. The van der Waals surface area contributed by atoms with Crippen molar-refractivity contribution in [1.82, 2.24) is 9.78 Å². The van der Waals surface area contributed by atoms with Crippen molar-refractivity contribution in [1.29, 1.82) is 0 Å². The van der Waals surface area contributed by atoms with E-state index in [2.05, 4.69) is 30.5 Å². The van der Waals surface area contributed by atoms with Crippen LogP contribution in [0.25, 0.3) is 0 Å². The minimum atomic E-state index is -0.115. The number of nitrogens with zero attached hydrogens (tertiary/aromatic N) is 2. The highest BCUT2D eigenvalue weighted by Gasteiger charge is 2.24. The number of aromatic nitrogens is 2. The zero-order valence-electron chi connectivity index (χ0n) is 11.6. The van der Waals surface area contributed by atoms with Crippen LogP contribution in [-0.2, 0) is 6.54 Å². The van der Waals surface area contributed by atoms with E-state index in [0.29, 0.717) is 29.7 Å². The first-order valence-corrected chi connectivity index (χ1v) is 8.08. The molecule has 1 aliphatic carbocycles. The lowest BCUT2D eigenvalue weighted by Gasteiger charge is -2.23. The van der Waals surface area contributed by atoms with Crippen LogP contribution < -0.4 is 10.9 Å². The highest BCUT2D eigenvalue weighted by atomic mass is 35.5. The molecule has 0 aromatic carbocycles. The highest BCUT2D eigenvalue weighted by Crippen LogP contribution is 2.30. The highest BCUT2D eigenvalue weighted by molar-refractivity contribution is 7.99. The largest absolute Gasteiger partial charge is 0.378 e. The zero-order chi connectivity index (χ0) is 14.0. The molecule has 6 heteroatoms. The summed E-state index contributed by atoms with van der Waals surface area (Å²) in [6.45, 7) is 5.65. The first kappa shape index (κ1) is 14.7. The standard InChI is InChI=1S/C13H20ClN3OS/c1-13(2,19-3)8-15-11-10(14)6-16-17(12(11)18)7-9-4-5-9/h6,9,15H,4-5,7-8H2,1-3H3. The lowest BCUT2D eigenvalue weighted by Crippen LogP contribution is -2.31. The first-order chi connectivity index (χ1) is 8.93. The predicted molar refractivity (Wildman–Crippen MR) is 82.3 cm³/mol. The average Bonchev–Trinajstić information content (AvgIpc) is 3.16. The minimum absolute atomic E-state index is 0.0559. The number of rotatable bonds is 6. The van der Waals surface area contributed by atoms with Crippen molar-refractivity contribution in [3.63, 3.8) is 0 Å². The Hall–Kier alpha value is -0.680. The van der Waals surface area contributed by atoms with E-state index >= 15 is 0 Å². The molecule has 0 spiro atoms. The summed E-state index contributed by atoms with van der Waals surface area (Å²) in [5, 5.41) is 7.69. The molecule has 106 valence electrons. The van der Waals surface area contributed by atoms with Crippen molar-refractivity contribution in [2.24, 2.45) is 5.92 Å². The number of thioether (sulfide) groups is 1. The maximum atomic E-state index is 12.3. The molecule has 1 aromatic rings. The topological polar surface area (TPSA) is 46.9 Å². The van der Waals surface area contributed by atoms with E-state index in [1.54, 1.807) is 18.0 Å². The molecule has 19 heavy (non-hydrogen) atoms. The molecule has 0 radical (unpaired) electrons. The fourth-order valence-electron chi connectivity index (χ4n) is 1.68. The third-order valence-electron chi connectivity index (χ3n) is 3.37. The van der Waals surface area contributed by atoms with Crippen molar-refractivity contribution in [2.75, 3.05) is 18.1 Å². The normalized spacial score (nSPS) is 15.6. The summed E-state index contributed by atoms with van der Waals surface area (Å²) in [7, 11) is 0. The lowest BCUT2D eigenvalue weighted by molar-refractivity contribution is 0.534. The molecule has 0 amide bonds. The summed E-state index contributed by atoms with van der Waals surface area (Å²) < 4.78 is 1.58. The van der Waals surface area contributed by atoms with Crippen LogP contribution >= 0.6 is 23.4 Å². The second kappa shape index (κ2) is 5.75. The third kappa shape index (κ3) is 3.89. The molecule has 0 unspecified atom stereocenters. The van der Waals surface area contributed by atoms with Crippen LogP contribution in [0.1, 0.15) is 26.7 Å². The Morgan fingerprint density at radius 3 is 2.84 bits per heavy atom. The van der Waals surface area contributed by atoms with E-state index in [9.17, 15) is 4.79 Å². The van der Waals surface area contributed by atoms with Gasteiger partial charge in [-0.1, -0.05) is 11.6 Å². The molecule has 0 aliphatic heterocycles. The number of anilines is 1. The molecular formula is C13H20ClN3OS. The molecule has 1 fully saturated rings. The average molecular weight is 302 g/mol. The van der Waals surface area contributed by atoms with Gasteiger partial charge in [0.2, 0.25) is 0 Å². The minimum Gasteiger partial charge on any atom is -0.378 e. The van der Waals surface area contributed by atoms with Crippen LogP contribution in [0.15, 0.2) is 11.0 Å². The monoisotopic (exact) mass is 301 g/mol. The molecule has 0 bridgehead atoms. The quantitative estimate of drug-likeness (QED) is 0.877. The Morgan fingerprint density at radius 1 is 1.58 bits per heavy atom. The van der Waals surface area contributed by atoms with E-state index in [1.807, 2.05) is 0 Å². The Bertz CT molecular complexity index is 511. The SMILES string of the molecule is CSC(C)(C)CNc1c(Cl)cnn(CC2CC2)c1=O. The number of hydrogen-bond donors (Lipinski definition) is 1. The van der Waals surface area contributed by atoms with Crippen LogP contribution in [-0.4, -0.2) is 27.3 Å². The summed E-state index contributed by atoms with van der Waals surface area (Å²) in [5.41, 5.74) is 0.357. The molecule has 2 rings (SSSR count). The molecule has 0 atom stereocenters. The van der Waals surface area contributed by atoms with Crippen LogP contribution in [0, 0.1) is 5.92 Å². The van der Waals surface area contributed by atoms with Gasteiger partial charge >= 0.3 is 0 Å². The van der Waals surface area contributed by atoms with Crippen molar-refractivity contribution >= 4 is 29.1 Å². The summed E-state index contributed by atoms with van der Waals surface area (Å²) in [4.78, 5) is 12.3. The number of hydrogen-bond acceptors (Lipinski definition) is 4. The fourth-order valence-corrected chi connectivity index (χ4v) is 2.08. The lowest BCUT2D eigenvalue weighted by atomic mass is 10.2. The van der Waals surface area contributed by atoms with Gasteiger partial charge in [-0.15, -0.1) is 0 Å². The molecular weight excluding hydrogens is 282 g/mol. The van der Waals surface area contributed by atoms with Gasteiger partial charge in [0.1, 0.15) is 5.69 Å². The van der Waals surface area contributed by atoms with Crippen molar-refractivity contribution in [2.45, 2.75) is 38.0 Å². The van der Waals surface area contributed by atoms with Gasteiger partial charge in [-0.25, -0.2) is 4.68 Å². The zero-order valence-corrected chi connectivity index (χ0v) is 13.1. The van der Waals surface area contributed by atoms with Gasteiger partial charge in [0, 0.05) is 17.8 Å². The van der Waals surface area contributed by atoms with Gasteiger partial charge in [0.15, 0.2) is 0 Å². The third-order valence-corrected chi connectivity index (χ3v) is 4.91. The van der Waals surface area contributed by atoms with Crippen LogP contribution in [0.3, 0.4) is 0 Å². The smallest absolute Gasteiger partial charge is 0.291 e. The van der Waals surface area contributed by atoms with E-state index < -0.39 is 0 Å². The van der Waals surface area contributed by atoms with Crippen LogP contribution in [0.5, 0.6) is 0 Å². The Kier molecular flexibility index (Phi) is 4.46. The van der Waals surface area contributed by atoms with Crippen LogP contribution in [0.2, 0.25) is 5.02 Å². The van der Waals surface area contributed by atoms with Crippen molar-refractivity contribution < 1.29 is 0 Å². The Balaban J connectivity index is 2.16. The van der Waals surface area contributed by atoms with E-state index in [0.717, 1.165) is 0 Å². The van der Waals surface area contributed by atoms with Gasteiger partial charge < -0.3 is 5.32 Å². The van der Waals surface area contributed by atoms with Gasteiger partial charge in [0.25, 0.3) is 5.56 Å². The Labute approximate surface area is 122 Å². The predicted octanol–water partition coefficient (Wildman–Crippen LogP) is 2.86. The first-order valence-electron chi connectivity index (χ1n) is 6.47. The Morgan fingerprint density at radius 2 is 2.26 bits per heavy atom. The molecule has 1 aliphatic rings. The second-order valence-electron chi connectivity index (χ2n) is 5.62. The van der Waals surface area contributed by atoms with Gasteiger partial charge in [-0.3, -0.25) is 4.79 Å². The number of halogens is 1. The van der Waals surface area contributed by atoms with E-state index in [4.69, 9.17) is 11.6 Å². The summed E-state index contributed by atoms with van der Waals surface area (Å²) in [6.07, 6.45) is 6.00. The van der Waals surface area contributed by atoms with E-state index in [-0.39, 0.29) is 10.3 Å². The molecule has 1 saturated carbocycles. The van der Waals surface area contributed by atoms with Crippen LogP contribution in [0.4, 0.5) is 5.69 Å². The maximum absolute atomic E-state index is 12.3. The fraction of sp³-hybridized carbons (Fsp3) is 0.692. The molecule has 0 saturated heterocycles. The molecule has 1 N–H and O–H groups in total. The van der Waals surface area contributed by atoms with Crippen molar-refractivity contribution in [3.8, 4) is 0 Å². The van der Waals surface area contributed by atoms with Crippen molar-refractivity contribution in [3.05, 3.63) is 21.6 Å². The molecule has 4 nitrogen and oxygen atoms in total. The second-order valence-corrected chi connectivity index (χ2v) is 7.54. The molecule has 1 heterocycles. The van der Waals surface area contributed by atoms with Gasteiger partial charge in [-0.05, 0) is 38.9 Å². The maximum Gasteiger partial charge on any atom is 0.291 e. The summed E-state index contributed by atoms with van der Waals surface area (Å²) in [5.74, 6) is 0.613.